The molecule has 106 valence electrons. The molecule has 1 saturated heterocycles. The lowest BCUT2D eigenvalue weighted by Gasteiger charge is -2.18. The van der Waals surface area contributed by atoms with Gasteiger partial charge in [0.1, 0.15) is 6.54 Å². The topological polar surface area (TPSA) is 86.7 Å². The molecule has 1 atom stereocenters. The molecule has 0 saturated carbocycles. The molecule has 7 heteroatoms. The second kappa shape index (κ2) is 6.42. The highest BCUT2D eigenvalue weighted by Gasteiger charge is 2.26. The molecular formula is C13H14N2O4S. The minimum atomic E-state index is -1.13. The maximum absolute atomic E-state index is 11.9. The standard InChI is InChI=1S/C13H14N2O4S/c16-10(6-15-8-20-7-11(15)17)14-12(13(18)19)9-4-2-1-3-5-9/h1-5,12H,6-8H2,(H,14,16)(H,18,19). The smallest absolute Gasteiger partial charge is 0.330 e. The van der Waals surface area contributed by atoms with Crippen LogP contribution in [0.25, 0.3) is 0 Å². The van der Waals surface area contributed by atoms with E-state index in [2.05, 4.69) is 5.32 Å². The quantitative estimate of drug-likeness (QED) is 0.824. The summed E-state index contributed by atoms with van der Waals surface area (Å²) in [6.07, 6.45) is 0. The van der Waals surface area contributed by atoms with Gasteiger partial charge in [0.05, 0.1) is 11.6 Å². The number of aliphatic carboxylic acids is 1. The third-order valence-corrected chi connectivity index (χ3v) is 3.79. The van der Waals surface area contributed by atoms with Crippen LogP contribution in [0.4, 0.5) is 0 Å². The summed E-state index contributed by atoms with van der Waals surface area (Å²) >= 11 is 1.43. The van der Waals surface area contributed by atoms with Gasteiger partial charge in [0.2, 0.25) is 11.8 Å². The number of carboxylic acid groups (broad SMARTS) is 1. The predicted octanol–water partition coefficient (Wildman–Crippen LogP) is 0.461. The van der Waals surface area contributed by atoms with E-state index in [0.717, 1.165) is 0 Å². The second-order valence-corrected chi connectivity index (χ2v) is 5.27. The van der Waals surface area contributed by atoms with Crippen LogP contribution in [-0.2, 0) is 14.4 Å². The van der Waals surface area contributed by atoms with E-state index in [-0.39, 0.29) is 12.5 Å². The van der Waals surface area contributed by atoms with Gasteiger partial charge >= 0.3 is 5.97 Å². The minimum absolute atomic E-state index is 0.100. The van der Waals surface area contributed by atoms with Crippen molar-refractivity contribution in [3.05, 3.63) is 35.9 Å². The number of nitrogens with one attached hydrogen (secondary N) is 1. The van der Waals surface area contributed by atoms with Crippen molar-refractivity contribution in [2.24, 2.45) is 0 Å². The fourth-order valence-electron chi connectivity index (χ4n) is 1.85. The Bertz CT molecular complexity index is 520. The van der Waals surface area contributed by atoms with Crippen molar-refractivity contribution in [3.63, 3.8) is 0 Å². The van der Waals surface area contributed by atoms with Crippen molar-refractivity contribution in [2.45, 2.75) is 6.04 Å². The van der Waals surface area contributed by atoms with Crippen LogP contribution < -0.4 is 5.32 Å². The maximum atomic E-state index is 11.9. The van der Waals surface area contributed by atoms with Crippen molar-refractivity contribution in [3.8, 4) is 0 Å². The zero-order chi connectivity index (χ0) is 14.5. The van der Waals surface area contributed by atoms with Gasteiger partial charge in [-0.05, 0) is 5.56 Å². The number of hydrogen-bond acceptors (Lipinski definition) is 4. The van der Waals surface area contributed by atoms with Crippen molar-refractivity contribution < 1.29 is 19.5 Å². The van der Waals surface area contributed by atoms with Crippen molar-refractivity contribution in [1.29, 1.82) is 0 Å². The van der Waals surface area contributed by atoms with E-state index >= 15 is 0 Å². The first-order chi connectivity index (χ1) is 9.58. The zero-order valence-corrected chi connectivity index (χ0v) is 11.4. The average molecular weight is 294 g/mol. The van der Waals surface area contributed by atoms with Crippen LogP contribution >= 0.6 is 11.8 Å². The Hall–Kier alpha value is -2.02. The normalized spacial score (nSPS) is 16.0. The first-order valence-corrected chi connectivity index (χ1v) is 7.16. The summed E-state index contributed by atoms with van der Waals surface area (Å²) in [5.41, 5.74) is 0.496. The minimum Gasteiger partial charge on any atom is -0.479 e. The molecule has 0 aromatic heterocycles. The molecule has 0 spiro atoms. The molecule has 1 heterocycles. The third kappa shape index (κ3) is 3.51. The number of benzene rings is 1. The maximum Gasteiger partial charge on any atom is 0.330 e. The van der Waals surface area contributed by atoms with Crippen molar-refractivity contribution in [1.82, 2.24) is 10.2 Å². The summed E-state index contributed by atoms with van der Waals surface area (Å²) in [5, 5.41) is 11.6. The number of amides is 2. The van der Waals surface area contributed by atoms with Crippen molar-refractivity contribution >= 4 is 29.5 Å². The molecule has 1 fully saturated rings. The molecule has 6 nitrogen and oxygen atoms in total. The van der Waals surface area contributed by atoms with Gasteiger partial charge in [-0.25, -0.2) is 4.79 Å². The highest BCUT2D eigenvalue weighted by atomic mass is 32.2. The van der Waals surface area contributed by atoms with Gasteiger partial charge in [0.15, 0.2) is 6.04 Å². The number of rotatable bonds is 5. The highest BCUT2D eigenvalue weighted by molar-refractivity contribution is 8.00. The molecular weight excluding hydrogens is 280 g/mol. The molecule has 1 unspecified atom stereocenters. The molecule has 1 aliphatic heterocycles. The van der Waals surface area contributed by atoms with Crippen LogP contribution in [0.3, 0.4) is 0 Å². The number of carbonyl (C=O) groups is 3. The molecule has 2 N–H and O–H groups in total. The number of thioether (sulfide) groups is 1. The summed E-state index contributed by atoms with van der Waals surface area (Å²) in [5.74, 6) is -0.871. The van der Waals surface area contributed by atoms with Crippen LogP contribution in [0.15, 0.2) is 30.3 Å². The van der Waals surface area contributed by atoms with Crippen LogP contribution in [0.1, 0.15) is 11.6 Å². The lowest BCUT2D eigenvalue weighted by Crippen LogP contribution is -2.41. The highest BCUT2D eigenvalue weighted by Crippen LogP contribution is 2.15. The fraction of sp³-hybridized carbons (Fsp3) is 0.308. The zero-order valence-electron chi connectivity index (χ0n) is 10.6. The first kappa shape index (κ1) is 14.4. The SMILES string of the molecule is O=C(CN1CSCC1=O)NC(C(=O)O)c1ccccc1. The Morgan fingerprint density at radius 3 is 2.60 bits per heavy atom. The van der Waals surface area contributed by atoms with E-state index in [4.69, 9.17) is 0 Å². The molecule has 0 aliphatic carbocycles. The molecule has 20 heavy (non-hydrogen) atoms. The molecule has 2 amide bonds. The molecule has 0 radical (unpaired) electrons. The largest absolute Gasteiger partial charge is 0.479 e. The molecule has 1 aliphatic rings. The van der Waals surface area contributed by atoms with Gasteiger partial charge in [-0.3, -0.25) is 9.59 Å². The van der Waals surface area contributed by atoms with E-state index < -0.39 is 17.9 Å². The molecule has 0 bridgehead atoms. The Morgan fingerprint density at radius 2 is 2.05 bits per heavy atom. The Labute approximate surface area is 120 Å². The van der Waals surface area contributed by atoms with Crippen LogP contribution in [0.5, 0.6) is 0 Å². The average Bonchev–Trinajstić information content (AvgIpc) is 2.82. The summed E-state index contributed by atoms with van der Waals surface area (Å²) in [4.78, 5) is 35.9. The number of hydrogen-bond donors (Lipinski definition) is 2. The summed E-state index contributed by atoms with van der Waals surface area (Å²) in [6.45, 7) is -0.109. The van der Waals surface area contributed by atoms with E-state index in [1.54, 1.807) is 30.3 Å². The summed E-state index contributed by atoms with van der Waals surface area (Å²) < 4.78 is 0. The Kier molecular flexibility index (Phi) is 4.62. The van der Waals surface area contributed by atoms with Gasteiger partial charge in [0, 0.05) is 0 Å². The van der Waals surface area contributed by atoms with E-state index in [0.29, 0.717) is 17.2 Å². The van der Waals surface area contributed by atoms with E-state index in [1.165, 1.54) is 16.7 Å². The van der Waals surface area contributed by atoms with Gasteiger partial charge < -0.3 is 15.3 Å². The Morgan fingerprint density at radius 1 is 1.35 bits per heavy atom. The monoisotopic (exact) mass is 294 g/mol. The van der Waals surface area contributed by atoms with E-state index in [1.807, 2.05) is 0 Å². The summed E-state index contributed by atoms with van der Waals surface area (Å²) in [7, 11) is 0. The fourth-order valence-corrected chi connectivity index (χ4v) is 2.76. The second-order valence-electron chi connectivity index (χ2n) is 4.32. The molecule has 2 rings (SSSR count). The Balaban J connectivity index is 2.00. The van der Waals surface area contributed by atoms with Crippen molar-refractivity contribution in [2.75, 3.05) is 18.2 Å². The van der Waals surface area contributed by atoms with Gasteiger partial charge in [-0.1, -0.05) is 30.3 Å². The first-order valence-electron chi connectivity index (χ1n) is 6.00. The van der Waals surface area contributed by atoms with E-state index in [9.17, 15) is 19.5 Å². The van der Waals surface area contributed by atoms with Gasteiger partial charge in [-0.15, -0.1) is 11.8 Å². The molecule has 1 aromatic carbocycles. The van der Waals surface area contributed by atoms with Crippen LogP contribution in [-0.4, -0.2) is 46.0 Å². The van der Waals surface area contributed by atoms with Crippen LogP contribution in [0.2, 0.25) is 0 Å². The number of nitrogens with zero attached hydrogens (tertiary/aromatic N) is 1. The molecule has 1 aromatic rings. The number of carboxylic acids is 1. The number of carbonyl (C=O) groups excluding carboxylic acids is 2. The lowest BCUT2D eigenvalue weighted by molar-refractivity contribution is -0.142. The predicted molar refractivity (Wildman–Crippen MR) is 74.0 cm³/mol. The third-order valence-electron chi connectivity index (χ3n) is 2.85. The summed E-state index contributed by atoms with van der Waals surface area (Å²) in [6, 6.07) is 7.35. The van der Waals surface area contributed by atoms with Gasteiger partial charge in [0.25, 0.3) is 0 Å². The van der Waals surface area contributed by atoms with Gasteiger partial charge in [-0.2, -0.15) is 0 Å². The lowest BCUT2D eigenvalue weighted by atomic mass is 10.1. The van der Waals surface area contributed by atoms with Crippen LogP contribution in [0, 0.1) is 0 Å².